The minimum absolute atomic E-state index is 0.349. The standard InChI is InChI=1S/C8H10N4OS/c9-2-1-7-10-8(11-14-7)12-3-5-13-6-4-12/h1,3-6H2. The van der Waals surface area contributed by atoms with Gasteiger partial charge in [0.15, 0.2) is 0 Å². The lowest BCUT2D eigenvalue weighted by Gasteiger charge is -2.25. The molecule has 0 aliphatic carbocycles. The first-order valence-electron chi connectivity index (χ1n) is 4.42. The lowest BCUT2D eigenvalue weighted by Crippen LogP contribution is -2.36. The van der Waals surface area contributed by atoms with Gasteiger partial charge in [0.05, 0.1) is 25.7 Å². The predicted octanol–water partition coefficient (Wildman–Crippen LogP) is 0.441. The third kappa shape index (κ3) is 2.00. The minimum Gasteiger partial charge on any atom is -0.378 e. The second kappa shape index (κ2) is 4.35. The Bertz CT molecular complexity index is 339. The highest BCUT2D eigenvalue weighted by Gasteiger charge is 2.15. The van der Waals surface area contributed by atoms with Gasteiger partial charge in [0.1, 0.15) is 5.01 Å². The highest BCUT2D eigenvalue weighted by molar-refractivity contribution is 7.05. The SMILES string of the molecule is N#CCc1nc(N2CCOCC2)ns1. The molecule has 0 amide bonds. The molecule has 0 atom stereocenters. The summed E-state index contributed by atoms with van der Waals surface area (Å²) in [6.07, 6.45) is 0.349. The van der Waals surface area contributed by atoms with Crippen LogP contribution in [0.2, 0.25) is 0 Å². The molecule has 2 heterocycles. The molecule has 0 spiro atoms. The molecule has 14 heavy (non-hydrogen) atoms. The fourth-order valence-electron chi connectivity index (χ4n) is 1.28. The van der Waals surface area contributed by atoms with Crippen LogP contribution < -0.4 is 4.90 Å². The highest BCUT2D eigenvalue weighted by Crippen LogP contribution is 2.14. The van der Waals surface area contributed by atoms with Crippen molar-refractivity contribution in [1.29, 1.82) is 5.26 Å². The number of morpholine rings is 1. The van der Waals surface area contributed by atoms with Crippen LogP contribution in [0.4, 0.5) is 5.95 Å². The molecule has 5 nitrogen and oxygen atoms in total. The molecule has 0 N–H and O–H groups in total. The largest absolute Gasteiger partial charge is 0.378 e. The summed E-state index contributed by atoms with van der Waals surface area (Å²) in [5.74, 6) is 0.739. The Morgan fingerprint density at radius 1 is 1.50 bits per heavy atom. The summed E-state index contributed by atoms with van der Waals surface area (Å²) in [5, 5.41) is 9.28. The number of aromatic nitrogens is 2. The van der Waals surface area contributed by atoms with E-state index in [4.69, 9.17) is 10.00 Å². The molecule has 1 aromatic heterocycles. The van der Waals surface area contributed by atoms with Crippen LogP contribution in [0.15, 0.2) is 0 Å². The van der Waals surface area contributed by atoms with Crippen molar-refractivity contribution in [3.8, 4) is 6.07 Å². The Hall–Kier alpha value is -1.19. The van der Waals surface area contributed by atoms with E-state index in [0.29, 0.717) is 6.42 Å². The van der Waals surface area contributed by atoms with E-state index in [1.54, 1.807) is 0 Å². The van der Waals surface area contributed by atoms with Crippen LogP contribution in [0.3, 0.4) is 0 Å². The summed E-state index contributed by atoms with van der Waals surface area (Å²) < 4.78 is 9.44. The summed E-state index contributed by atoms with van der Waals surface area (Å²) in [7, 11) is 0. The summed E-state index contributed by atoms with van der Waals surface area (Å²) in [5.41, 5.74) is 0. The molecule has 0 bridgehead atoms. The van der Waals surface area contributed by atoms with Crippen LogP contribution in [-0.4, -0.2) is 35.7 Å². The van der Waals surface area contributed by atoms with Gasteiger partial charge in [-0.3, -0.25) is 0 Å². The maximum absolute atomic E-state index is 8.49. The van der Waals surface area contributed by atoms with E-state index in [1.807, 2.05) is 0 Å². The Balaban J connectivity index is 2.04. The van der Waals surface area contributed by atoms with E-state index in [-0.39, 0.29) is 0 Å². The maximum Gasteiger partial charge on any atom is 0.237 e. The summed E-state index contributed by atoms with van der Waals surface area (Å²) in [6.45, 7) is 3.13. The molecule has 2 rings (SSSR count). The van der Waals surface area contributed by atoms with Crippen molar-refractivity contribution in [2.75, 3.05) is 31.2 Å². The fourth-order valence-corrected chi connectivity index (χ4v) is 1.87. The first-order chi connectivity index (χ1) is 6.90. The van der Waals surface area contributed by atoms with Crippen LogP contribution in [0.5, 0.6) is 0 Å². The first-order valence-corrected chi connectivity index (χ1v) is 5.20. The van der Waals surface area contributed by atoms with Gasteiger partial charge in [-0.05, 0) is 11.5 Å². The van der Waals surface area contributed by atoms with Gasteiger partial charge in [-0.1, -0.05) is 0 Å². The van der Waals surface area contributed by atoms with Gasteiger partial charge >= 0.3 is 0 Å². The number of hydrogen-bond donors (Lipinski definition) is 0. The average molecular weight is 210 g/mol. The Morgan fingerprint density at radius 3 is 3.00 bits per heavy atom. The molecular weight excluding hydrogens is 200 g/mol. The monoisotopic (exact) mass is 210 g/mol. The molecule has 1 aromatic rings. The van der Waals surface area contributed by atoms with Crippen molar-refractivity contribution < 1.29 is 4.74 Å². The van der Waals surface area contributed by atoms with Crippen molar-refractivity contribution in [2.24, 2.45) is 0 Å². The summed E-state index contributed by atoms with van der Waals surface area (Å²) in [6, 6.07) is 2.06. The fraction of sp³-hybridized carbons (Fsp3) is 0.625. The van der Waals surface area contributed by atoms with Crippen molar-refractivity contribution in [2.45, 2.75) is 6.42 Å². The second-order valence-electron chi connectivity index (χ2n) is 2.92. The quantitative estimate of drug-likeness (QED) is 0.708. The van der Waals surface area contributed by atoms with Gasteiger partial charge < -0.3 is 9.64 Å². The predicted molar refractivity (Wildman–Crippen MR) is 52.3 cm³/mol. The number of rotatable bonds is 2. The van der Waals surface area contributed by atoms with Gasteiger partial charge in [0, 0.05) is 13.1 Å². The molecule has 1 aliphatic rings. The van der Waals surface area contributed by atoms with E-state index in [9.17, 15) is 0 Å². The number of nitriles is 1. The zero-order valence-electron chi connectivity index (χ0n) is 7.64. The molecule has 74 valence electrons. The summed E-state index contributed by atoms with van der Waals surface area (Å²) >= 11 is 1.30. The van der Waals surface area contributed by atoms with Crippen LogP contribution >= 0.6 is 11.5 Å². The van der Waals surface area contributed by atoms with Crippen molar-refractivity contribution in [3.05, 3.63) is 5.01 Å². The molecule has 0 aromatic carbocycles. The second-order valence-corrected chi connectivity index (χ2v) is 3.76. The molecule has 1 fully saturated rings. The zero-order valence-corrected chi connectivity index (χ0v) is 8.46. The van der Waals surface area contributed by atoms with Gasteiger partial charge in [0.25, 0.3) is 0 Å². The lowest BCUT2D eigenvalue weighted by molar-refractivity contribution is 0.122. The Morgan fingerprint density at radius 2 is 2.29 bits per heavy atom. The third-order valence-electron chi connectivity index (χ3n) is 1.98. The van der Waals surface area contributed by atoms with E-state index >= 15 is 0 Å². The van der Waals surface area contributed by atoms with E-state index in [1.165, 1.54) is 11.5 Å². The van der Waals surface area contributed by atoms with Gasteiger partial charge in [0.2, 0.25) is 5.95 Å². The Labute approximate surface area is 86.1 Å². The molecule has 1 saturated heterocycles. The van der Waals surface area contributed by atoms with Gasteiger partial charge in [-0.25, -0.2) is 4.98 Å². The smallest absolute Gasteiger partial charge is 0.237 e. The average Bonchev–Trinajstić information content (AvgIpc) is 2.68. The third-order valence-corrected chi connectivity index (χ3v) is 2.68. The molecule has 0 saturated carbocycles. The van der Waals surface area contributed by atoms with E-state index < -0.39 is 0 Å². The number of hydrogen-bond acceptors (Lipinski definition) is 6. The van der Waals surface area contributed by atoms with Gasteiger partial charge in [-0.2, -0.15) is 9.64 Å². The van der Waals surface area contributed by atoms with Crippen molar-refractivity contribution in [1.82, 2.24) is 9.36 Å². The van der Waals surface area contributed by atoms with Crippen molar-refractivity contribution in [3.63, 3.8) is 0 Å². The zero-order chi connectivity index (χ0) is 9.80. The number of nitrogens with zero attached hydrogens (tertiary/aromatic N) is 4. The van der Waals surface area contributed by atoms with Crippen molar-refractivity contribution >= 4 is 17.5 Å². The van der Waals surface area contributed by atoms with E-state index in [2.05, 4.69) is 20.3 Å². The number of ether oxygens (including phenoxy) is 1. The first kappa shape index (κ1) is 9.37. The molecule has 6 heteroatoms. The highest BCUT2D eigenvalue weighted by atomic mass is 32.1. The number of anilines is 1. The molecule has 1 aliphatic heterocycles. The normalized spacial score (nSPS) is 16.6. The molecular formula is C8H10N4OS. The molecule has 0 unspecified atom stereocenters. The summed E-state index contributed by atoms with van der Waals surface area (Å²) in [4.78, 5) is 6.36. The van der Waals surface area contributed by atoms with Crippen LogP contribution in [0, 0.1) is 11.3 Å². The van der Waals surface area contributed by atoms with Crippen LogP contribution in [0.1, 0.15) is 5.01 Å². The molecule has 0 radical (unpaired) electrons. The Kier molecular flexibility index (Phi) is 2.91. The van der Waals surface area contributed by atoms with E-state index in [0.717, 1.165) is 37.3 Å². The minimum atomic E-state index is 0.349. The van der Waals surface area contributed by atoms with Gasteiger partial charge in [-0.15, -0.1) is 0 Å². The topological polar surface area (TPSA) is 62.0 Å². The lowest BCUT2D eigenvalue weighted by atomic mass is 10.4. The van der Waals surface area contributed by atoms with Crippen LogP contribution in [-0.2, 0) is 11.2 Å². The maximum atomic E-state index is 8.49. The van der Waals surface area contributed by atoms with Crippen LogP contribution in [0.25, 0.3) is 0 Å².